The molecular formula is C12H12O3. The lowest BCUT2D eigenvalue weighted by Crippen LogP contribution is -2.12. The summed E-state index contributed by atoms with van der Waals surface area (Å²) in [6.07, 6.45) is 4.45. The molecule has 2 rings (SSSR count). The van der Waals surface area contributed by atoms with Crippen LogP contribution in [0.15, 0.2) is 18.2 Å². The van der Waals surface area contributed by atoms with E-state index < -0.39 is 5.97 Å². The van der Waals surface area contributed by atoms with Gasteiger partial charge in [-0.3, -0.25) is 4.79 Å². The molecule has 3 heteroatoms. The Labute approximate surface area is 88.1 Å². The fourth-order valence-electron chi connectivity index (χ4n) is 1.97. The maximum absolute atomic E-state index is 10.9. The van der Waals surface area contributed by atoms with Crippen molar-refractivity contribution >= 4 is 12.3 Å². The van der Waals surface area contributed by atoms with Crippen molar-refractivity contribution in [3.63, 3.8) is 0 Å². The van der Waals surface area contributed by atoms with Crippen molar-refractivity contribution in [2.45, 2.75) is 25.7 Å². The number of rotatable bonds is 2. The SMILES string of the molecule is O=CC(=O)Oc1cccc2c1CCCC2. The molecule has 0 saturated carbocycles. The predicted octanol–water partition coefficient (Wildman–Crippen LogP) is 1.67. The Morgan fingerprint density at radius 3 is 2.87 bits per heavy atom. The number of benzene rings is 1. The maximum Gasteiger partial charge on any atom is 0.376 e. The summed E-state index contributed by atoms with van der Waals surface area (Å²) in [5.74, 6) is -0.279. The predicted molar refractivity (Wildman–Crippen MR) is 54.8 cm³/mol. The minimum absolute atomic E-state index is 0.197. The van der Waals surface area contributed by atoms with E-state index in [4.69, 9.17) is 4.74 Å². The van der Waals surface area contributed by atoms with Crippen LogP contribution in [-0.4, -0.2) is 12.3 Å². The summed E-state index contributed by atoms with van der Waals surface area (Å²) in [7, 11) is 0. The van der Waals surface area contributed by atoms with Gasteiger partial charge in [0, 0.05) is 0 Å². The van der Waals surface area contributed by atoms with E-state index in [1.165, 1.54) is 12.0 Å². The lowest BCUT2D eigenvalue weighted by atomic mass is 9.91. The third-order valence-electron chi connectivity index (χ3n) is 2.66. The highest BCUT2D eigenvalue weighted by Gasteiger charge is 2.15. The molecule has 0 amide bonds. The van der Waals surface area contributed by atoms with Crippen LogP contribution in [0.4, 0.5) is 0 Å². The van der Waals surface area contributed by atoms with Crippen molar-refractivity contribution in [2.24, 2.45) is 0 Å². The molecule has 0 aromatic heterocycles. The van der Waals surface area contributed by atoms with Crippen LogP contribution in [0, 0.1) is 0 Å². The molecule has 3 nitrogen and oxygen atoms in total. The van der Waals surface area contributed by atoms with E-state index in [-0.39, 0.29) is 6.29 Å². The largest absolute Gasteiger partial charge is 0.421 e. The van der Waals surface area contributed by atoms with Crippen molar-refractivity contribution in [1.29, 1.82) is 0 Å². The van der Waals surface area contributed by atoms with Gasteiger partial charge in [-0.1, -0.05) is 12.1 Å². The zero-order valence-electron chi connectivity index (χ0n) is 8.36. The Hall–Kier alpha value is -1.64. The highest BCUT2D eigenvalue weighted by Crippen LogP contribution is 2.29. The molecule has 0 fully saturated rings. The Balaban J connectivity index is 2.30. The van der Waals surface area contributed by atoms with E-state index in [0.717, 1.165) is 24.8 Å². The first kappa shape index (κ1) is 9.90. The molecule has 0 radical (unpaired) electrons. The number of hydrogen-bond acceptors (Lipinski definition) is 3. The Morgan fingerprint density at radius 2 is 2.07 bits per heavy atom. The third-order valence-corrected chi connectivity index (χ3v) is 2.66. The molecule has 1 aliphatic carbocycles. The molecule has 0 bridgehead atoms. The van der Waals surface area contributed by atoms with Gasteiger partial charge < -0.3 is 4.74 Å². The van der Waals surface area contributed by atoms with E-state index in [9.17, 15) is 9.59 Å². The van der Waals surface area contributed by atoms with Crippen molar-refractivity contribution in [1.82, 2.24) is 0 Å². The lowest BCUT2D eigenvalue weighted by molar-refractivity contribution is -0.141. The van der Waals surface area contributed by atoms with Crippen LogP contribution in [0.25, 0.3) is 0 Å². The standard InChI is InChI=1S/C12H12O3/c13-8-12(14)15-11-7-3-5-9-4-1-2-6-10(9)11/h3,5,7-8H,1-2,4,6H2. The summed E-state index contributed by atoms with van der Waals surface area (Å²) in [6.45, 7) is 0. The number of carbonyl (C=O) groups excluding carboxylic acids is 2. The van der Waals surface area contributed by atoms with Gasteiger partial charge in [0.05, 0.1) is 0 Å². The van der Waals surface area contributed by atoms with E-state index >= 15 is 0 Å². The highest BCUT2D eigenvalue weighted by molar-refractivity contribution is 6.21. The van der Waals surface area contributed by atoms with Gasteiger partial charge in [0.15, 0.2) is 0 Å². The van der Waals surface area contributed by atoms with Gasteiger partial charge in [0.1, 0.15) is 5.75 Å². The normalized spacial score (nSPS) is 14.1. The monoisotopic (exact) mass is 204 g/mol. The van der Waals surface area contributed by atoms with Crippen LogP contribution in [0.5, 0.6) is 5.75 Å². The van der Waals surface area contributed by atoms with E-state index in [1.54, 1.807) is 6.07 Å². The number of aryl methyl sites for hydroxylation is 1. The molecule has 0 saturated heterocycles. The zero-order valence-corrected chi connectivity index (χ0v) is 8.36. The molecule has 0 N–H and O–H groups in total. The smallest absolute Gasteiger partial charge is 0.376 e. The van der Waals surface area contributed by atoms with Crippen molar-refractivity contribution < 1.29 is 14.3 Å². The minimum atomic E-state index is -0.825. The van der Waals surface area contributed by atoms with Crippen molar-refractivity contribution in [3.05, 3.63) is 29.3 Å². The van der Waals surface area contributed by atoms with Crippen LogP contribution in [0.1, 0.15) is 24.0 Å². The van der Waals surface area contributed by atoms with Crippen LogP contribution in [0.2, 0.25) is 0 Å². The lowest BCUT2D eigenvalue weighted by Gasteiger charge is -2.17. The van der Waals surface area contributed by atoms with Crippen LogP contribution in [0.3, 0.4) is 0 Å². The molecule has 78 valence electrons. The summed E-state index contributed by atoms with van der Waals surface area (Å²) in [6, 6.07) is 5.65. The second-order valence-corrected chi connectivity index (χ2v) is 3.64. The molecule has 0 aliphatic heterocycles. The Kier molecular flexibility index (Phi) is 2.81. The molecule has 0 atom stereocenters. The van der Waals surface area contributed by atoms with Gasteiger partial charge in [-0.05, 0) is 42.9 Å². The van der Waals surface area contributed by atoms with Gasteiger partial charge >= 0.3 is 5.97 Å². The first-order chi connectivity index (χ1) is 7.31. The molecule has 1 aromatic rings. The van der Waals surface area contributed by atoms with E-state index in [2.05, 4.69) is 0 Å². The van der Waals surface area contributed by atoms with Crippen molar-refractivity contribution in [2.75, 3.05) is 0 Å². The Morgan fingerprint density at radius 1 is 1.27 bits per heavy atom. The molecule has 0 spiro atoms. The quantitative estimate of drug-likeness (QED) is 0.318. The first-order valence-electron chi connectivity index (χ1n) is 5.09. The van der Waals surface area contributed by atoms with Gasteiger partial charge in [0.2, 0.25) is 6.29 Å². The van der Waals surface area contributed by atoms with Gasteiger partial charge in [-0.25, -0.2) is 4.79 Å². The number of fused-ring (bicyclic) bond motifs is 1. The third kappa shape index (κ3) is 2.06. The average molecular weight is 204 g/mol. The molecule has 1 aromatic carbocycles. The molecule has 0 unspecified atom stereocenters. The topological polar surface area (TPSA) is 43.4 Å². The Bertz CT molecular complexity index is 396. The van der Waals surface area contributed by atoms with E-state index in [1.807, 2.05) is 12.1 Å². The van der Waals surface area contributed by atoms with E-state index in [0.29, 0.717) is 5.75 Å². The fourth-order valence-corrected chi connectivity index (χ4v) is 1.97. The highest BCUT2D eigenvalue weighted by atomic mass is 16.5. The van der Waals surface area contributed by atoms with Crippen molar-refractivity contribution in [3.8, 4) is 5.75 Å². The average Bonchev–Trinajstić information content (AvgIpc) is 2.29. The summed E-state index contributed by atoms with van der Waals surface area (Å²) in [5.41, 5.74) is 2.32. The van der Waals surface area contributed by atoms with Gasteiger partial charge in [0.25, 0.3) is 0 Å². The molecular weight excluding hydrogens is 192 g/mol. The van der Waals surface area contributed by atoms with Gasteiger partial charge in [-0.15, -0.1) is 0 Å². The van der Waals surface area contributed by atoms with Gasteiger partial charge in [-0.2, -0.15) is 0 Å². The number of hydrogen-bond donors (Lipinski definition) is 0. The fraction of sp³-hybridized carbons (Fsp3) is 0.333. The zero-order chi connectivity index (χ0) is 10.7. The maximum atomic E-state index is 10.9. The summed E-state index contributed by atoms with van der Waals surface area (Å²) in [4.78, 5) is 21.1. The minimum Gasteiger partial charge on any atom is -0.421 e. The molecule has 1 aliphatic rings. The summed E-state index contributed by atoms with van der Waals surface area (Å²) in [5, 5.41) is 0. The van der Waals surface area contributed by atoms with Crippen LogP contribution >= 0.6 is 0 Å². The number of ether oxygens (including phenoxy) is 1. The number of carbonyl (C=O) groups is 2. The number of aldehydes is 1. The second kappa shape index (κ2) is 4.26. The summed E-state index contributed by atoms with van der Waals surface area (Å²) < 4.78 is 4.95. The van der Waals surface area contributed by atoms with Crippen LogP contribution in [-0.2, 0) is 22.4 Å². The number of esters is 1. The first-order valence-corrected chi connectivity index (χ1v) is 5.09. The molecule has 0 heterocycles. The molecule has 15 heavy (non-hydrogen) atoms. The summed E-state index contributed by atoms with van der Waals surface area (Å²) >= 11 is 0. The van der Waals surface area contributed by atoms with Crippen LogP contribution < -0.4 is 4.74 Å². The second-order valence-electron chi connectivity index (χ2n) is 3.64.